The van der Waals surface area contributed by atoms with Crippen molar-refractivity contribution in [2.45, 2.75) is 31.2 Å². The molecule has 3 aliphatic rings. The van der Waals surface area contributed by atoms with Gasteiger partial charge in [0.1, 0.15) is 11.6 Å². The number of pyridine rings is 1. The molecule has 0 atom stereocenters. The van der Waals surface area contributed by atoms with Gasteiger partial charge in [0.05, 0.1) is 16.2 Å². The number of aryl methyl sites for hydroxylation is 1. The zero-order valence-corrected chi connectivity index (χ0v) is 16.7. The molecule has 2 bridgehead atoms. The van der Waals surface area contributed by atoms with Crippen LogP contribution in [0.2, 0.25) is 5.02 Å². The number of halogens is 2. The summed E-state index contributed by atoms with van der Waals surface area (Å²) in [5, 5.41) is 8.65. The minimum atomic E-state index is -0.566. The summed E-state index contributed by atoms with van der Waals surface area (Å²) < 4.78 is 20.6. The smallest absolute Gasteiger partial charge is 0.258 e. The average Bonchev–Trinajstić information content (AvgIpc) is 3.01. The number of nitrogens with one attached hydrogen (secondary N) is 1. The maximum absolute atomic E-state index is 13.4. The monoisotopic (exact) mass is 414 g/mol. The number of hydrogen-bond acceptors (Lipinski definition) is 4. The van der Waals surface area contributed by atoms with Crippen LogP contribution in [-0.4, -0.2) is 32.8 Å². The van der Waals surface area contributed by atoms with Gasteiger partial charge in [0, 0.05) is 36.4 Å². The van der Waals surface area contributed by atoms with Crippen LogP contribution in [0.4, 0.5) is 4.39 Å². The molecule has 2 aromatic heterocycles. The Morgan fingerprint density at radius 3 is 2.90 bits per heavy atom. The maximum Gasteiger partial charge on any atom is 0.258 e. The molecule has 8 heteroatoms. The predicted molar refractivity (Wildman–Crippen MR) is 106 cm³/mol. The summed E-state index contributed by atoms with van der Waals surface area (Å²) in [7, 11) is 1.91. The van der Waals surface area contributed by atoms with Crippen LogP contribution in [0.15, 0.2) is 36.7 Å². The number of nitrogens with zero attached hydrogens (tertiary/aromatic N) is 3. The number of rotatable bonds is 6. The molecule has 1 amide bonds. The fourth-order valence-electron chi connectivity index (χ4n) is 4.98. The molecular formula is C21H20ClFN4O2. The second kappa shape index (κ2) is 6.42. The summed E-state index contributed by atoms with van der Waals surface area (Å²) in [5.41, 5.74) is 2.12. The Labute approximate surface area is 172 Å². The van der Waals surface area contributed by atoms with Gasteiger partial charge >= 0.3 is 0 Å². The largest absolute Gasteiger partial charge is 0.484 e. The van der Waals surface area contributed by atoms with Gasteiger partial charge in [-0.2, -0.15) is 5.10 Å². The molecule has 3 fully saturated rings. The van der Waals surface area contributed by atoms with E-state index < -0.39 is 5.82 Å². The first kappa shape index (κ1) is 18.4. The molecule has 1 aromatic carbocycles. The van der Waals surface area contributed by atoms with Crippen LogP contribution < -0.4 is 10.1 Å². The van der Waals surface area contributed by atoms with Gasteiger partial charge in [-0.1, -0.05) is 11.6 Å². The fourth-order valence-corrected chi connectivity index (χ4v) is 5.10. The van der Waals surface area contributed by atoms with Gasteiger partial charge < -0.3 is 10.1 Å². The molecule has 0 unspecified atom stereocenters. The maximum atomic E-state index is 13.4. The van der Waals surface area contributed by atoms with Crippen molar-refractivity contribution in [2.24, 2.45) is 12.5 Å². The first-order valence-corrected chi connectivity index (χ1v) is 9.89. The fraction of sp³-hybridized carbons (Fsp3) is 0.381. The summed E-state index contributed by atoms with van der Waals surface area (Å²) in [6, 6.07) is 6.05. The van der Waals surface area contributed by atoms with Crippen molar-refractivity contribution in [2.75, 3.05) is 6.61 Å². The summed E-state index contributed by atoms with van der Waals surface area (Å²) in [6.07, 6.45) is 7.55. The molecule has 0 spiro atoms. The number of aromatic nitrogens is 3. The summed E-state index contributed by atoms with van der Waals surface area (Å²) in [5.74, 6) is -0.476. The van der Waals surface area contributed by atoms with Gasteiger partial charge in [-0.05, 0) is 49.3 Å². The van der Waals surface area contributed by atoms with E-state index in [-0.39, 0.29) is 34.2 Å². The Balaban J connectivity index is 1.16. The molecule has 0 aliphatic heterocycles. The topological polar surface area (TPSA) is 69.0 Å². The van der Waals surface area contributed by atoms with Crippen LogP contribution in [0.25, 0.3) is 10.9 Å². The van der Waals surface area contributed by atoms with Crippen LogP contribution in [0.1, 0.15) is 25.0 Å². The Hall–Kier alpha value is -2.67. The van der Waals surface area contributed by atoms with E-state index in [2.05, 4.69) is 15.4 Å². The molecule has 2 heterocycles. The molecule has 6 rings (SSSR count). The lowest BCUT2D eigenvalue weighted by Crippen LogP contribution is -2.75. The van der Waals surface area contributed by atoms with Crippen molar-refractivity contribution in [1.82, 2.24) is 20.1 Å². The summed E-state index contributed by atoms with van der Waals surface area (Å²) >= 11 is 5.65. The molecular weight excluding hydrogens is 395 g/mol. The molecule has 29 heavy (non-hydrogen) atoms. The predicted octanol–water partition coefficient (Wildman–Crippen LogP) is 3.42. The Bertz CT molecular complexity index is 1110. The lowest BCUT2D eigenvalue weighted by Gasteiger charge is -2.70. The van der Waals surface area contributed by atoms with Crippen molar-refractivity contribution in [1.29, 1.82) is 0 Å². The highest BCUT2D eigenvalue weighted by Gasteiger charge is 2.68. The lowest BCUT2D eigenvalue weighted by molar-refractivity contribution is -0.165. The minimum absolute atomic E-state index is 0.0254. The van der Waals surface area contributed by atoms with Crippen molar-refractivity contribution in [3.05, 3.63) is 53.2 Å². The first-order chi connectivity index (χ1) is 13.9. The molecule has 3 aromatic rings. The number of hydrogen-bond donors (Lipinski definition) is 1. The van der Waals surface area contributed by atoms with E-state index in [1.54, 1.807) is 6.07 Å². The highest BCUT2D eigenvalue weighted by atomic mass is 35.5. The normalized spacial score (nSPS) is 24.7. The number of benzene rings is 1. The molecule has 6 nitrogen and oxygen atoms in total. The third-order valence-corrected chi connectivity index (χ3v) is 6.29. The standard InChI is InChI=1S/C21H20ClFN4O2/c1-27-8-14-17(26-27)4-5-24-18(14)7-20-10-21(11-20,12-20)25-19(28)9-29-13-2-3-15(22)16(23)6-13/h2-6,8H,7,9-12H2,1H3,(H,25,28). The third kappa shape index (κ3) is 3.23. The van der Waals surface area contributed by atoms with Crippen LogP contribution >= 0.6 is 11.6 Å². The Kier molecular flexibility index (Phi) is 4.07. The van der Waals surface area contributed by atoms with E-state index in [1.807, 2.05) is 30.2 Å². The zero-order chi connectivity index (χ0) is 20.2. The van der Waals surface area contributed by atoms with E-state index in [9.17, 15) is 9.18 Å². The first-order valence-electron chi connectivity index (χ1n) is 9.52. The van der Waals surface area contributed by atoms with Gasteiger partial charge in [0.25, 0.3) is 5.91 Å². The summed E-state index contributed by atoms with van der Waals surface area (Å²) in [4.78, 5) is 16.8. The third-order valence-electron chi connectivity index (χ3n) is 5.98. The van der Waals surface area contributed by atoms with Crippen LogP contribution in [-0.2, 0) is 18.3 Å². The number of carbonyl (C=O) groups excluding carboxylic acids is 1. The average molecular weight is 415 g/mol. The van der Waals surface area contributed by atoms with Crippen molar-refractivity contribution in [3.8, 4) is 5.75 Å². The highest BCUT2D eigenvalue weighted by Crippen LogP contribution is 2.68. The molecule has 3 saturated carbocycles. The van der Waals surface area contributed by atoms with E-state index in [4.69, 9.17) is 16.3 Å². The van der Waals surface area contributed by atoms with Crippen molar-refractivity contribution in [3.63, 3.8) is 0 Å². The van der Waals surface area contributed by atoms with Crippen LogP contribution in [0.5, 0.6) is 5.75 Å². The van der Waals surface area contributed by atoms with E-state index in [0.717, 1.165) is 42.3 Å². The summed E-state index contributed by atoms with van der Waals surface area (Å²) in [6.45, 7) is -0.146. The minimum Gasteiger partial charge on any atom is -0.484 e. The molecule has 0 saturated heterocycles. The number of amides is 1. The highest BCUT2D eigenvalue weighted by molar-refractivity contribution is 6.30. The Morgan fingerprint density at radius 2 is 2.14 bits per heavy atom. The number of carbonyl (C=O) groups is 1. The van der Waals surface area contributed by atoms with Crippen molar-refractivity contribution >= 4 is 28.4 Å². The van der Waals surface area contributed by atoms with E-state index in [0.29, 0.717) is 0 Å². The van der Waals surface area contributed by atoms with Gasteiger partial charge in [-0.15, -0.1) is 0 Å². The second-order valence-corrected chi connectivity index (χ2v) is 8.80. The molecule has 1 N–H and O–H groups in total. The van der Waals surface area contributed by atoms with E-state index in [1.165, 1.54) is 12.1 Å². The van der Waals surface area contributed by atoms with Crippen LogP contribution in [0.3, 0.4) is 0 Å². The second-order valence-electron chi connectivity index (χ2n) is 8.39. The Morgan fingerprint density at radius 1 is 1.34 bits per heavy atom. The molecule has 0 radical (unpaired) electrons. The van der Waals surface area contributed by atoms with Crippen LogP contribution in [0, 0.1) is 11.2 Å². The molecule has 3 aliphatic carbocycles. The van der Waals surface area contributed by atoms with Gasteiger partial charge in [0.15, 0.2) is 6.61 Å². The lowest BCUT2D eigenvalue weighted by atomic mass is 9.38. The quantitative estimate of drug-likeness (QED) is 0.671. The number of fused-ring (bicyclic) bond motifs is 1. The van der Waals surface area contributed by atoms with Gasteiger partial charge in [-0.25, -0.2) is 4.39 Å². The van der Waals surface area contributed by atoms with Gasteiger partial charge in [-0.3, -0.25) is 14.5 Å². The van der Waals surface area contributed by atoms with Crippen molar-refractivity contribution < 1.29 is 13.9 Å². The number of ether oxygens (including phenoxy) is 1. The molecule has 150 valence electrons. The van der Waals surface area contributed by atoms with E-state index >= 15 is 0 Å². The SMILES string of the molecule is Cn1cc2c(CC34CC(NC(=O)COc5ccc(Cl)c(F)c5)(C3)C4)nccc2n1. The van der Waals surface area contributed by atoms with Gasteiger partial charge in [0.2, 0.25) is 0 Å². The zero-order valence-electron chi connectivity index (χ0n) is 15.9.